The Bertz CT molecular complexity index is 1520. The molecule has 2 amide bonds. The van der Waals surface area contributed by atoms with Crippen LogP contribution in [-0.2, 0) is 26.2 Å². The van der Waals surface area contributed by atoms with Gasteiger partial charge in [-0.1, -0.05) is 78.4 Å². The number of rotatable bonds is 10. The molecule has 0 saturated heterocycles. The number of hydrogen-bond acceptors (Lipinski definition) is 4. The lowest BCUT2D eigenvalue weighted by molar-refractivity contribution is -0.139. The number of hydrogen-bond donors (Lipinski definition) is 1. The molecule has 7 nitrogen and oxygen atoms in total. The number of anilines is 1. The minimum absolute atomic E-state index is 0.0745. The number of halogens is 1. The fraction of sp³-hybridized carbons (Fsp3) is 0.394. The van der Waals surface area contributed by atoms with Crippen LogP contribution in [0.1, 0.15) is 61.3 Å². The van der Waals surface area contributed by atoms with E-state index in [4.69, 9.17) is 11.6 Å². The van der Waals surface area contributed by atoms with Gasteiger partial charge in [-0.15, -0.1) is 0 Å². The lowest BCUT2D eigenvalue weighted by Crippen LogP contribution is -2.53. The van der Waals surface area contributed by atoms with Gasteiger partial charge in [0.15, 0.2) is 0 Å². The number of carbonyl (C=O) groups is 2. The average molecular weight is 610 g/mol. The van der Waals surface area contributed by atoms with Crippen molar-refractivity contribution in [2.24, 2.45) is 0 Å². The monoisotopic (exact) mass is 609 g/mol. The second-order valence-corrected chi connectivity index (χ2v) is 13.6. The molecule has 3 aromatic rings. The zero-order chi connectivity index (χ0) is 30.4. The van der Waals surface area contributed by atoms with Crippen LogP contribution in [0.5, 0.6) is 0 Å². The topological polar surface area (TPSA) is 86.8 Å². The summed E-state index contributed by atoms with van der Waals surface area (Å²) in [6.07, 6.45) is 5.11. The van der Waals surface area contributed by atoms with Gasteiger partial charge in [0.2, 0.25) is 11.8 Å². The number of amides is 2. The van der Waals surface area contributed by atoms with Gasteiger partial charge in [-0.25, -0.2) is 8.42 Å². The number of nitrogens with zero attached hydrogens (tertiary/aromatic N) is 2. The molecule has 1 aliphatic carbocycles. The molecule has 4 rings (SSSR count). The van der Waals surface area contributed by atoms with Crippen LogP contribution in [0.3, 0.4) is 0 Å². The predicted molar refractivity (Wildman–Crippen MR) is 168 cm³/mol. The third kappa shape index (κ3) is 7.72. The van der Waals surface area contributed by atoms with E-state index in [2.05, 4.69) is 5.32 Å². The summed E-state index contributed by atoms with van der Waals surface area (Å²) >= 11 is 6.24. The first-order valence-corrected chi connectivity index (χ1v) is 16.3. The first-order valence-electron chi connectivity index (χ1n) is 14.5. The Balaban J connectivity index is 1.70. The molecule has 1 fully saturated rings. The maximum atomic E-state index is 14.2. The first-order chi connectivity index (χ1) is 20.0. The normalized spacial score (nSPS) is 14.7. The van der Waals surface area contributed by atoms with Gasteiger partial charge in [-0.2, -0.15) is 0 Å². The van der Waals surface area contributed by atoms with Crippen LogP contribution in [0, 0.1) is 20.8 Å². The highest BCUT2D eigenvalue weighted by atomic mass is 35.5. The maximum Gasteiger partial charge on any atom is 0.264 e. The highest BCUT2D eigenvalue weighted by molar-refractivity contribution is 7.92. The molecule has 0 radical (unpaired) electrons. The van der Waals surface area contributed by atoms with Crippen molar-refractivity contribution >= 4 is 39.1 Å². The molecule has 0 aliphatic heterocycles. The lowest BCUT2D eigenvalue weighted by atomic mass is 9.95. The Morgan fingerprint density at radius 1 is 0.929 bits per heavy atom. The van der Waals surface area contributed by atoms with Crippen LogP contribution in [0.4, 0.5) is 5.69 Å². The molecule has 1 aliphatic rings. The number of aryl methyl sites for hydroxylation is 3. The van der Waals surface area contributed by atoms with Gasteiger partial charge in [0, 0.05) is 17.6 Å². The van der Waals surface area contributed by atoms with E-state index >= 15 is 0 Å². The quantitative estimate of drug-likeness (QED) is 0.291. The zero-order valence-electron chi connectivity index (χ0n) is 24.8. The molecule has 224 valence electrons. The highest BCUT2D eigenvalue weighted by Gasteiger charge is 2.33. The Morgan fingerprint density at radius 3 is 2.24 bits per heavy atom. The predicted octanol–water partition coefficient (Wildman–Crippen LogP) is 6.33. The van der Waals surface area contributed by atoms with Crippen LogP contribution >= 0.6 is 11.6 Å². The minimum Gasteiger partial charge on any atom is -0.352 e. The van der Waals surface area contributed by atoms with Gasteiger partial charge in [0.05, 0.1) is 10.6 Å². The summed E-state index contributed by atoms with van der Waals surface area (Å²) in [7, 11) is -4.12. The molecular formula is C33H40ClN3O4S. The minimum atomic E-state index is -4.12. The Labute approximate surface area is 254 Å². The summed E-state index contributed by atoms with van der Waals surface area (Å²) in [6.45, 7) is 6.96. The summed E-state index contributed by atoms with van der Waals surface area (Å²) in [5.41, 5.74) is 3.78. The van der Waals surface area contributed by atoms with E-state index in [9.17, 15) is 18.0 Å². The number of benzene rings is 3. The maximum absolute atomic E-state index is 14.2. The fourth-order valence-electron chi connectivity index (χ4n) is 5.42. The summed E-state index contributed by atoms with van der Waals surface area (Å²) < 4.78 is 29.3. The van der Waals surface area contributed by atoms with Gasteiger partial charge in [0.1, 0.15) is 12.6 Å². The SMILES string of the molecule is Cc1ccc(S(=O)(=O)N(CC(=O)N(Cc2cccc(Cl)c2)[C@@H](C)C(=O)NC2CCCCC2)c2ccc(C)cc2C)cc1. The molecule has 0 heterocycles. The zero-order valence-corrected chi connectivity index (χ0v) is 26.3. The summed E-state index contributed by atoms with van der Waals surface area (Å²) in [4.78, 5) is 29.2. The molecule has 0 spiro atoms. The van der Waals surface area contributed by atoms with Gasteiger partial charge in [0.25, 0.3) is 10.0 Å². The van der Waals surface area contributed by atoms with Crippen molar-refractivity contribution in [2.45, 2.75) is 83.3 Å². The molecule has 1 atom stereocenters. The summed E-state index contributed by atoms with van der Waals surface area (Å²) in [5.74, 6) is -0.742. The molecular weight excluding hydrogens is 570 g/mol. The highest BCUT2D eigenvalue weighted by Crippen LogP contribution is 2.29. The third-order valence-corrected chi connectivity index (χ3v) is 9.88. The van der Waals surface area contributed by atoms with Crippen LogP contribution in [0.15, 0.2) is 71.6 Å². The lowest BCUT2D eigenvalue weighted by Gasteiger charge is -2.33. The van der Waals surface area contributed by atoms with E-state index in [1.54, 1.807) is 55.5 Å². The van der Waals surface area contributed by atoms with Gasteiger partial charge >= 0.3 is 0 Å². The second kappa shape index (κ2) is 13.7. The fourth-order valence-corrected chi connectivity index (χ4v) is 7.11. The number of nitrogens with one attached hydrogen (secondary N) is 1. The Kier molecular flexibility index (Phi) is 10.3. The second-order valence-electron chi connectivity index (χ2n) is 11.3. The van der Waals surface area contributed by atoms with Crippen LogP contribution in [-0.4, -0.2) is 43.8 Å². The molecule has 0 aromatic heterocycles. The van der Waals surface area contributed by atoms with Crippen LogP contribution < -0.4 is 9.62 Å². The molecule has 0 unspecified atom stereocenters. The van der Waals surface area contributed by atoms with E-state index < -0.39 is 28.5 Å². The van der Waals surface area contributed by atoms with E-state index in [-0.39, 0.29) is 23.4 Å². The van der Waals surface area contributed by atoms with Gasteiger partial charge in [-0.3, -0.25) is 13.9 Å². The number of carbonyl (C=O) groups excluding carboxylic acids is 2. The third-order valence-electron chi connectivity index (χ3n) is 7.87. The molecule has 9 heteroatoms. The molecule has 3 aromatic carbocycles. The summed E-state index contributed by atoms with van der Waals surface area (Å²) in [6, 6.07) is 18.4. The van der Waals surface area contributed by atoms with Crippen LogP contribution in [0.25, 0.3) is 0 Å². The van der Waals surface area contributed by atoms with E-state index in [0.29, 0.717) is 10.7 Å². The van der Waals surface area contributed by atoms with Crippen molar-refractivity contribution in [3.8, 4) is 0 Å². The van der Waals surface area contributed by atoms with Crippen LogP contribution in [0.2, 0.25) is 5.02 Å². The molecule has 1 saturated carbocycles. The largest absolute Gasteiger partial charge is 0.352 e. The summed E-state index contributed by atoms with van der Waals surface area (Å²) in [5, 5.41) is 3.63. The molecule has 42 heavy (non-hydrogen) atoms. The van der Waals surface area contributed by atoms with Crippen molar-refractivity contribution in [1.29, 1.82) is 0 Å². The van der Waals surface area contributed by atoms with E-state index in [0.717, 1.165) is 58.7 Å². The Morgan fingerprint density at radius 2 is 1.60 bits per heavy atom. The van der Waals surface area contributed by atoms with Crippen molar-refractivity contribution in [3.63, 3.8) is 0 Å². The Hall–Kier alpha value is -3.36. The van der Waals surface area contributed by atoms with Crippen molar-refractivity contribution in [1.82, 2.24) is 10.2 Å². The van der Waals surface area contributed by atoms with Gasteiger partial charge < -0.3 is 10.2 Å². The van der Waals surface area contributed by atoms with Crippen molar-refractivity contribution in [3.05, 3.63) is 94.0 Å². The average Bonchev–Trinajstić information content (AvgIpc) is 2.95. The van der Waals surface area contributed by atoms with E-state index in [1.807, 2.05) is 39.0 Å². The molecule has 0 bridgehead atoms. The number of sulfonamides is 1. The van der Waals surface area contributed by atoms with E-state index in [1.165, 1.54) is 4.90 Å². The van der Waals surface area contributed by atoms with Gasteiger partial charge in [-0.05, 0) is 82.0 Å². The standard InChI is InChI=1S/C33H40ClN3O4S/c1-23-13-16-30(17-14-23)42(40,41)37(31-18-15-24(2)19-25(31)3)22-32(38)36(21-27-9-8-10-28(34)20-27)26(4)33(39)35-29-11-6-5-7-12-29/h8-10,13-20,26,29H,5-7,11-12,21-22H2,1-4H3,(H,35,39)/t26-/m0/s1. The smallest absolute Gasteiger partial charge is 0.264 e. The van der Waals surface area contributed by atoms with Crippen molar-refractivity contribution in [2.75, 3.05) is 10.8 Å². The molecule has 1 N–H and O–H groups in total. The van der Waals surface area contributed by atoms with Crippen molar-refractivity contribution < 1.29 is 18.0 Å². The first kappa shape index (κ1) is 31.6.